The topological polar surface area (TPSA) is 30.9 Å². The molecule has 2 saturated heterocycles. The largest absolute Gasteiger partial charge is 0.381 e. The number of hydrogen-bond donors (Lipinski definition) is 0. The van der Waals surface area contributed by atoms with Crippen molar-refractivity contribution in [2.24, 2.45) is 5.92 Å². The molecular weight excluding hydrogens is 321 g/mol. The Hall–Kier alpha value is -1.01. The summed E-state index contributed by atoms with van der Waals surface area (Å²) >= 11 is 0. The maximum atomic E-state index is 13.1. The molecule has 1 aliphatic carbocycles. The summed E-state index contributed by atoms with van der Waals surface area (Å²) in [6.45, 7) is 5.11. The van der Waals surface area contributed by atoms with Crippen LogP contribution in [0.2, 0.25) is 0 Å². The number of morpholine rings is 1. The zero-order valence-corrected chi connectivity index (χ0v) is 14.7. The molecule has 2 heterocycles. The molecule has 2 aliphatic heterocycles. The minimum atomic E-state index is -0.175. The van der Waals surface area contributed by atoms with E-state index in [0.717, 1.165) is 70.8 Å². The molecule has 0 unspecified atom stereocenters. The van der Waals surface area contributed by atoms with Crippen molar-refractivity contribution in [3.05, 3.63) is 35.6 Å². The molecule has 1 aromatic rings. The van der Waals surface area contributed by atoms with Gasteiger partial charge < -0.3 is 14.2 Å². The summed E-state index contributed by atoms with van der Waals surface area (Å²) in [6.07, 6.45) is 4.79. The van der Waals surface area contributed by atoms with Gasteiger partial charge in [0, 0.05) is 32.3 Å². The fraction of sp³-hybridized carbons (Fsp3) is 0.700. The SMILES string of the molecule is Fc1ccc(CN2CCO[C@H]3[C@H](OCC4CCOCC4)CC[C@@H]32)cc1. The Bertz CT molecular complexity index is 546. The van der Waals surface area contributed by atoms with Crippen LogP contribution < -0.4 is 0 Å². The first-order valence-electron chi connectivity index (χ1n) is 9.59. The molecule has 5 heteroatoms. The van der Waals surface area contributed by atoms with E-state index in [4.69, 9.17) is 14.2 Å². The molecule has 4 nitrogen and oxygen atoms in total. The average Bonchev–Trinajstić information content (AvgIpc) is 3.07. The molecule has 3 aliphatic rings. The molecule has 0 N–H and O–H groups in total. The summed E-state index contributed by atoms with van der Waals surface area (Å²) in [5.74, 6) is 0.456. The van der Waals surface area contributed by atoms with Crippen LogP contribution in [0.5, 0.6) is 0 Å². The number of rotatable bonds is 5. The Morgan fingerprint density at radius 1 is 1.04 bits per heavy atom. The first-order chi connectivity index (χ1) is 12.3. The van der Waals surface area contributed by atoms with Crippen LogP contribution in [0, 0.1) is 11.7 Å². The highest BCUT2D eigenvalue weighted by Gasteiger charge is 2.43. The second-order valence-electron chi connectivity index (χ2n) is 7.50. The van der Waals surface area contributed by atoms with Gasteiger partial charge in [-0.05, 0) is 49.3 Å². The number of ether oxygens (including phenoxy) is 3. The van der Waals surface area contributed by atoms with E-state index in [0.29, 0.717) is 12.0 Å². The number of nitrogens with zero attached hydrogens (tertiary/aromatic N) is 1. The van der Waals surface area contributed by atoms with Gasteiger partial charge in [0.15, 0.2) is 0 Å². The van der Waals surface area contributed by atoms with E-state index < -0.39 is 0 Å². The predicted octanol–water partition coefficient (Wildman–Crippen LogP) is 3.00. The van der Waals surface area contributed by atoms with Crippen molar-refractivity contribution in [2.45, 2.75) is 50.5 Å². The van der Waals surface area contributed by atoms with E-state index in [1.807, 2.05) is 12.1 Å². The lowest BCUT2D eigenvalue weighted by molar-refractivity contribution is -0.122. The quantitative estimate of drug-likeness (QED) is 0.818. The molecule has 3 atom stereocenters. The van der Waals surface area contributed by atoms with Crippen molar-refractivity contribution < 1.29 is 18.6 Å². The van der Waals surface area contributed by atoms with Gasteiger partial charge >= 0.3 is 0 Å². The van der Waals surface area contributed by atoms with E-state index in [9.17, 15) is 4.39 Å². The highest BCUT2D eigenvalue weighted by Crippen LogP contribution is 2.33. The van der Waals surface area contributed by atoms with E-state index in [-0.39, 0.29) is 18.0 Å². The van der Waals surface area contributed by atoms with Gasteiger partial charge in [0.2, 0.25) is 0 Å². The van der Waals surface area contributed by atoms with Crippen LogP contribution >= 0.6 is 0 Å². The van der Waals surface area contributed by atoms with Crippen LogP contribution in [0.3, 0.4) is 0 Å². The van der Waals surface area contributed by atoms with Gasteiger partial charge in [0.25, 0.3) is 0 Å². The van der Waals surface area contributed by atoms with Crippen molar-refractivity contribution in [1.82, 2.24) is 4.90 Å². The molecule has 0 amide bonds. The molecular formula is C20H28FNO3. The molecule has 3 fully saturated rings. The zero-order chi connectivity index (χ0) is 17.1. The fourth-order valence-electron chi connectivity index (χ4n) is 4.36. The van der Waals surface area contributed by atoms with Crippen LogP contribution in [0.4, 0.5) is 4.39 Å². The van der Waals surface area contributed by atoms with Crippen molar-refractivity contribution in [2.75, 3.05) is 33.0 Å². The molecule has 1 aromatic carbocycles. The van der Waals surface area contributed by atoms with E-state index in [2.05, 4.69) is 4.90 Å². The summed E-state index contributed by atoms with van der Waals surface area (Å²) in [7, 11) is 0. The predicted molar refractivity (Wildman–Crippen MR) is 92.9 cm³/mol. The van der Waals surface area contributed by atoms with Gasteiger partial charge in [0.05, 0.1) is 25.4 Å². The number of fused-ring (bicyclic) bond motifs is 1. The van der Waals surface area contributed by atoms with E-state index in [1.165, 1.54) is 0 Å². The van der Waals surface area contributed by atoms with E-state index >= 15 is 0 Å². The van der Waals surface area contributed by atoms with Gasteiger partial charge in [-0.3, -0.25) is 4.90 Å². The Balaban J connectivity index is 1.32. The monoisotopic (exact) mass is 349 g/mol. The zero-order valence-electron chi connectivity index (χ0n) is 14.7. The molecule has 0 bridgehead atoms. The fourth-order valence-corrected chi connectivity index (χ4v) is 4.36. The van der Waals surface area contributed by atoms with Crippen LogP contribution in [0.15, 0.2) is 24.3 Å². The number of hydrogen-bond acceptors (Lipinski definition) is 4. The van der Waals surface area contributed by atoms with Crippen molar-refractivity contribution >= 4 is 0 Å². The molecule has 0 radical (unpaired) electrons. The molecule has 25 heavy (non-hydrogen) atoms. The highest BCUT2D eigenvalue weighted by atomic mass is 19.1. The normalized spacial score (nSPS) is 31.2. The minimum absolute atomic E-state index is 0.175. The first kappa shape index (κ1) is 17.4. The molecule has 1 saturated carbocycles. The summed E-state index contributed by atoms with van der Waals surface area (Å²) in [5, 5.41) is 0. The Labute approximate surface area is 149 Å². The summed E-state index contributed by atoms with van der Waals surface area (Å²) < 4.78 is 30.9. The summed E-state index contributed by atoms with van der Waals surface area (Å²) in [5.41, 5.74) is 1.16. The first-order valence-corrected chi connectivity index (χ1v) is 9.59. The minimum Gasteiger partial charge on any atom is -0.381 e. The smallest absolute Gasteiger partial charge is 0.123 e. The highest BCUT2D eigenvalue weighted by molar-refractivity contribution is 5.16. The molecule has 4 rings (SSSR count). The van der Waals surface area contributed by atoms with Gasteiger partial charge in [-0.15, -0.1) is 0 Å². The lowest BCUT2D eigenvalue weighted by Crippen LogP contribution is -2.51. The lowest BCUT2D eigenvalue weighted by Gasteiger charge is -2.39. The van der Waals surface area contributed by atoms with Crippen LogP contribution in [-0.2, 0) is 20.8 Å². The van der Waals surface area contributed by atoms with E-state index in [1.54, 1.807) is 12.1 Å². The molecule has 0 aromatic heterocycles. The van der Waals surface area contributed by atoms with Crippen molar-refractivity contribution in [3.63, 3.8) is 0 Å². The second kappa shape index (κ2) is 8.12. The Kier molecular flexibility index (Phi) is 5.66. The maximum absolute atomic E-state index is 13.1. The average molecular weight is 349 g/mol. The maximum Gasteiger partial charge on any atom is 0.123 e. The third-order valence-corrected chi connectivity index (χ3v) is 5.84. The number of benzene rings is 1. The molecule has 138 valence electrons. The Morgan fingerprint density at radius 2 is 1.84 bits per heavy atom. The summed E-state index contributed by atoms with van der Waals surface area (Å²) in [4.78, 5) is 2.49. The van der Waals surface area contributed by atoms with Crippen LogP contribution in [-0.4, -0.2) is 56.1 Å². The second-order valence-corrected chi connectivity index (χ2v) is 7.50. The standard InChI is InChI=1S/C20H28FNO3/c21-17-3-1-15(2-4-17)13-22-9-12-24-20-18(22)5-6-19(20)25-14-16-7-10-23-11-8-16/h1-4,16,18-20H,5-14H2/t18-,19+,20+/m0/s1. The van der Waals surface area contributed by atoms with Crippen LogP contribution in [0.1, 0.15) is 31.2 Å². The lowest BCUT2D eigenvalue weighted by atomic mass is 10.0. The van der Waals surface area contributed by atoms with Gasteiger partial charge in [-0.1, -0.05) is 12.1 Å². The molecule has 0 spiro atoms. The third-order valence-electron chi connectivity index (χ3n) is 5.84. The number of halogens is 1. The third kappa shape index (κ3) is 4.22. The van der Waals surface area contributed by atoms with Gasteiger partial charge in [-0.2, -0.15) is 0 Å². The Morgan fingerprint density at radius 3 is 2.64 bits per heavy atom. The van der Waals surface area contributed by atoms with Gasteiger partial charge in [0.1, 0.15) is 5.82 Å². The summed E-state index contributed by atoms with van der Waals surface area (Å²) in [6, 6.07) is 7.27. The van der Waals surface area contributed by atoms with Gasteiger partial charge in [-0.25, -0.2) is 4.39 Å². The van der Waals surface area contributed by atoms with Crippen molar-refractivity contribution in [3.8, 4) is 0 Å². The van der Waals surface area contributed by atoms with Crippen molar-refractivity contribution in [1.29, 1.82) is 0 Å². The van der Waals surface area contributed by atoms with Crippen LogP contribution in [0.25, 0.3) is 0 Å².